The first-order valence-electron chi connectivity index (χ1n) is 5.16. The van der Waals surface area contributed by atoms with E-state index in [0.29, 0.717) is 5.25 Å². The molecule has 0 saturated carbocycles. The number of benzene rings is 1. The van der Waals surface area contributed by atoms with Crippen molar-refractivity contribution < 1.29 is 5.11 Å². The summed E-state index contributed by atoms with van der Waals surface area (Å²) in [6, 6.07) is 10.5. The minimum Gasteiger partial charge on any atom is -0.392 e. The molecular formula is C12H18OS2. The fraction of sp³-hybridized carbons (Fsp3) is 0.500. The van der Waals surface area contributed by atoms with Crippen molar-refractivity contribution in [2.24, 2.45) is 0 Å². The molecule has 0 saturated heterocycles. The zero-order valence-corrected chi connectivity index (χ0v) is 11.0. The van der Waals surface area contributed by atoms with Crippen molar-refractivity contribution in [2.45, 2.75) is 37.4 Å². The van der Waals surface area contributed by atoms with Gasteiger partial charge in [-0.25, -0.2) is 0 Å². The molecule has 0 aliphatic rings. The molecule has 3 unspecified atom stereocenters. The van der Waals surface area contributed by atoms with E-state index < -0.39 is 0 Å². The second kappa shape index (κ2) is 6.46. The molecule has 1 N–H and O–H groups in total. The van der Waals surface area contributed by atoms with Crippen molar-refractivity contribution in [3.8, 4) is 0 Å². The van der Waals surface area contributed by atoms with Gasteiger partial charge >= 0.3 is 0 Å². The van der Waals surface area contributed by atoms with Crippen LogP contribution in [0.25, 0.3) is 0 Å². The summed E-state index contributed by atoms with van der Waals surface area (Å²) in [5.41, 5.74) is 1.34. The van der Waals surface area contributed by atoms with Crippen LogP contribution in [0.3, 0.4) is 0 Å². The van der Waals surface area contributed by atoms with Crippen LogP contribution in [0.4, 0.5) is 0 Å². The molecule has 0 radical (unpaired) electrons. The van der Waals surface area contributed by atoms with Crippen LogP contribution in [0.15, 0.2) is 30.3 Å². The normalized spacial score (nSPS) is 17.1. The van der Waals surface area contributed by atoms with Gasteiger partial charge < -0.3 is 5.11 Å². The monoisotopic (exact) mass is 242 g/mol. The molecule has 1 aromatic carbocycles. The van der Waals surface area contributed by atoms with Gasteiger partial charge in [-0.3, -0.25) is 0 Å². The van der Waals surface area contributed by atoms with Crippen LogP contribution in [0.2, 0.25) is 0 Å². The number of aliphatic hydroxyl groups excluding tert-OH is 1. The fourth-order valence-corrected chi connectivity index (χ4v) is 3.64. The van der Waals surface area contributed by atoms with Crippen molar-refractivity contribution in [3.63, 3.8) is 0 Å². The summed E-state index contributed by atoms with van der Waals surface area (Å²) in [6.45, 7) is 6.09. The number of aliphatic hydroxyl groups is 1. The first-order chi connectivity index (χ1) is 7.11. The maximum Gasteiger partial charge on any atom is 0.0636 e. The summed E-state index contributed by atoms with van der Waals surface area (Å²) in [6.07, 6.45) is -0.245. The average molecular weight is 242 g/mol. The third-order valence-corrected chi connectivity index (χ3v) is 5.78. The standard InChI is InChI=1S/C12H18OS2/c1-9(13)10(2)14-15-11(3)12-7-5-4-6-8-12/h4-11,13H,1-3H3. The Balaban J connectivity index is 2.40. The Hall–Kier alpha value is -0.120. The Labute approximate surface area is 100 Å². The van der Waals surface area contributed by atoms with Crippen molar-refractivity contribution in [1.82, 2.24) is 0 Å². The lowest BCUT2D eigenvalue weighted by Gasteiger charge is -2.16. The van der Waals surface area contributed by atoms with Crippen LogP contribution < -0.4 is 0 Å². The molecule has 0 amide bonds. The molecule has 0 aliphatic carbocycles. The summed E-state index contributed by atoms with van der Waals surface area (Å²) in [7, 11) is 3.58. The molecule has 0 bridgehead atoms. The zero-order valence-electron chi connectivity index (χ0n) is 9.38. The number of hydrogen-bond acceptors (Lipinski definition) is 3. The molecule has 15 heavy (non-hydrogen) atoms. The predicted octanol–water partition coefficient (Wildman–Crippen LogP) is 3.90. The highest BCUT2D eigenvalue weighted by molar-refractivity contribution is 8.77. The Bertz CT molecular complexity index is 274. The molecule has 1 nitrogen and oxygen atoms in total. The first-order valence-corrected chi connectivity index (χ1v) is 7.44. The van der Waals surface area contributed by atoms with Gasteiger partial charge in [-0.1, -0.05) is 51.9 Å². The van der Waals surface area contributed by atoms with Gasteiger partial charge in [-0.15, -0.1) is 0 Å². The minimum absolute atomic E-state index is 0.245. The second-order valence-electron chi connectivity index (χ2n) is 3.69. The maximum absolute atomic E-state index is 9.37. The summed E-state index contributed by atoms with van der Waals surface area (Å²) >= 11 is 0. The number of hydrogen-bond donors (Lipinski definition) is 1. The van der Waals surface area contributed by atoms with Crippen LogP contribution in [0.5, 0.6) is 0 Å². The van der Waals surface area contributed by atoms with Crippen molar-refractivity contribution in [2.75, 3.05) is 0 Å². The number of rotatable bonds is 5. The van der Waals surface area contributed by atoms with E-state index in [-0.39, 0.29) is 11.4 Å². The highest BCUT2D eigenvalue weighted by Gasteiger charge is 2.12. The molecule has 84 valence electrons. The molecule has 0 fully saturated rings. The van der Waals surface area contributed by atoms with Gasteiger partial charge in [0.1, 0.15) is 0 Å². The van der Waals surface area contributed by atoms with Gasteiger partial charge in [0.2, 0.25) is 0 Å². The fourth-order valence-electron chi connectivity index (χ4n) is 1.03. The lowest BCUT2D eigenvalue weighted by atomic mass is 10.2. The molecule has 0 heterocycles. The van der Waals surface area contributed by atoms with Crippen LogP contribution in [-0.2, 0) is 0 Å². The van der Waals surface area contributed by atoms with E-state index in [9.17, 15) is 5.11 Å². The smallest absolute Gasteiger partial charge is 0.0636 e. The Morgan fingerprint density at radius 1 is 1.00 bits per heavy atom. The molecule has 1 rings (SSSR count). The van der Waals surface area contributed by atoms with Gasteiger partial charge in [0.05, 0.1) is 6.10 Å². The average Bonchev–Trinajstić information content (AvgIpc) is 2.26. The van der Waals surface area contributed by atoms with E-state index in [1.165, 1.54) is 5.56 Å². The molecule has 0 aromatic heterocycles. The Morgan fingerprint density at radius 2 is 1.60 bits per heavy atom. The third kappa shape index (κ3) is 4.49. The van der Waals surface area contributed by atoms with Crippen LogP contribution in [-0.4, -0.2) is 16.5 Å². The minimum atomic E-state index is -0.245. The van der Waals surface area contributed by atoms with E-state index in [2.05, 4.69) is 38.1 Å². The molecule has 0 aliphatic heterocycles. The van der Waals surface area contributed by atoms with Crippen molar-refractivity contribution in [1.29, 1.82) is 0 Å². The topological polar surface area (TPSA) is 20.2 Å². The van der Waals surface area contributed by atoms with E-state index >= 15 is 0 Å². The van der Waals surface area contributed by atoms with Crippen molar-refractivity contribution in [3.05, 3.63) is 35.9 Å². The van der Waals surface area contributed by atoms with Crippen LogP contribution in [0.1, 0.15) is 31.6 Å². The SMILES string of the molecule is CC(SSC(C)C(C)O)c1ccccc1. The third-order valence-electron chi connectivity index (χ3n) is 2.30. The maximum atomic E-state index is 9.37. The van der Waals surface area contributed by atoms with Crippen LogP contribution in [0, 0.1) is 0 Å². The highest BCUT2D eigenvalue weighted by atomic mass is 33.1. The van der Waals surface area contributed by atoms with E-state index in [1.54, 1.807) is 10.8 Å². The second-order valence-corrected chi connectivity index (χ2v) is 6.68. The molecule has 3 heteroatoms. The molecule has 3 atom stereocenters. The molecular weight excluding hydrogens is 224 g/mol. The van der Waals surface area contributed by atoms with Crippen LogP contribution >= 0.6 is 21.6 Å². The van der Waals surface area contributed by atoms with Gasteiger partial charge in [0.25, 0.3) is 0 Å². The van der Waals surface area contributed by atoms with Crippen molar-refractivity contribution >= 4 is 21.6 Å². The summed E-state index contributed by atoms with van der Waals surface area (Å²) in [5.74, 6) is 0. The largest absolute Gasteiger partial charge is 0.392 e. The zero-order chi connectivity index (χ0) is 11.3. The lowest BCUT2D eigenvalue weighted by Crippen LogP contribution is -2.14. The first kappa shape index (κ1) is 12.9. The molecule has 1 aromatic rings. The van der Waals surface area contributed by atoms with Gasteiger partial charge in [0, 0.05) is 10.5 Å². The molecule has 0 spiro atoms. The Kier molecular flexibility index (Phi) is 5.58. The van der Waals surface area contributed by atoms with Gasteiger partial charge in [0.15, 0.2) is 0 Å². The summed E-state index contributed by atoms with van der Waals surface area (Å²) < 4.78 is 0. The predicted molar refractivity (Wildman–Crippen MR) is 71.2 cm³/mol. The quantitative estimate of drug-likeness (QED) is 0.791. The van der Waals surface area contributed by atoms with E-state index in [1.807, 2.05) is 23.8 Å². The van der Waals surface area contributed by atoms with Gasteiger partial charge in [-0.2, -0.15) is 0 Å². The Morgan fingerprint density at radius 3 is 2.13 bits per heavy atom. The van der Waals surface area contributed by atoms with E-state index in [4.69, 9.17) is 0 Å². The summed E-state index contributed by atoms with van der Waals surface area (Å²) in [4.78, 5) is 0. The van der Waals surface area contributed by atoms with E-state index in [0.717, 1.165) is 0 Å². The highest BCUT2D eigenvalue weighted by Crippen LogP contribution is 2.40. The van der Waals surface area contributed by atoms with Gasteiger partial charge in [-0.05, 0) is 26.3 Å². The lowest BCUT2D eigenvalue weighted by molar-refractivity contribution is 0.197. The summed E-state index contributed by atoms with van der Waals surface area (Å²) in [5, 5.41) is 10.1.